The summed E-state index contributed by atoms with van der Waals surface area (Å²) in [6.07, 6.45) is 2.43. The van der Waals surface area contributed by atoms with Crippen molar-refractivity contribution in [3.05, 3.63) is 47.9 Å². The lowest BCUT2D eigenvalue weighted by atomic mass is 10.1. The van der Waals surface area contributed by atoms with Crippen LogP contribution >= 0.6 is 0 Å². The van der Waals surface area contributed by atoms with E-state index in [0.29, 0.717) is 35.5 Å². The van der Waals surface area contributed by atoms with Crippen LogP contribution in [0, 0.1) is 0 Å². The molecule has 0 bridgehead atoms. The zero-order valence-corrected chi connectivity index (χ0v) is 14.2. The van der Waals surface area contributed by atoms with Crippen molar-refractivity contribution in [3.8, 4) is 11.5 Å². The monoisotopic (exact) mass is 319 g/mol. The van der Waals surface area contributed by atoms with Gasteiger partial charge in [-0.05, 0) is 31.0 Å². The zero-order chi connectivity index (χ0) is 17.2. The molecule has 6 heteroatoms. The van der Waals surface area contributed by atoms with E-state index in [-0.39, 0.29) is 0 Å². The molecule has 0 aliphatic rings. The van der Waals surface area contributed by atoms with Gasteiger partial charge in [-0.25, -0.2) is 0 Å². The zero-order valence-electron chi connectivity index (χ0n) is 14.2. The van der Waals surface area contributed by atoms with Crippen molar-refractivity contribution in [3.63, 3.8) is 0 Å². The van der Waals surface area contributed by atoms with Crippen molar-refractivity contribution in [1.29, 1.82) is 0 Å². The van der Waals surface area contributed by atoms with Gasteiger partial charge in [-0.15, -0.1) is 0 Å². The molecule has 0 unspecified atom stereocenters. The third-order valence-corrected chi connectivity index (χ3v) is 3.00. The average Bonchev–Trinajstić information content (AvgIpc) is 2.53. The Labute approximate surface area is 137 Å². The number of allylic oxidation sites excluding steroid dienone is 1. The number of nitrogens with one attached hydrogen (secondary N) is 1. The number of nitrogens with zero attached hydrogens (tertiary/aromatic N) is 1. The van der Waals surface area contributed by atoms with Crippen LogP contribution in [0.4, 0.5) is 0 Å². The maximum atomic E-state index is 5.60. The molecule has 0 aliphatic carbocycles. The van der Waals surface area contributed by atoms with Crippen molar-refractivity contribution in [2.24, 2.45) is 10.7 Å². The Morgan fingerprint density at radius 1 is 1.26 bits per heavy atom. The summed E-state index contributed by atoms with van der Waals surface area (Å²) in [4.78, 5) is 4.22. The van der Waals surface area contributed by atoms with Crippen LogP contribution in [0.15, 0.2) is 47.4 Å². The summed E-state index contributed by atoms with van der Waals surface area (Å²) in [6, 6.07) is 5.84. The third kappa shape index (κ3) is 6.34. The first-order valence-electron chi connectivity index (χ1n) is 7.20. The van der Waals surface area contributed by atoms with Crippen molar-refractivity contribution in [1.82, 2.24) is 5.32 Å². The lowest BCUT2D eigenvalue weighted by Gasteiger charge is -2.10. The molecule has 6 nitrogen and oxygen atoms in total. The molecule has 1 rings (SSSR count). The maximum Gasteiger partial charge on any atom is 0.216 e. The number of ether oxygens (including phenoxy) is 3. The number of aliphatic imine (C=N–C) groups is 1. The highest BCUT2D eigenvalue weighted by Crippen LogP contribution is 2.27. The topological polar surface area (TPSA) is 78.1 Å². The predicted molar refractivity (Wildman–Crippen MR) is 92.8 cm³/mol. The number of hydrogen-bond donors (Lipinski definition) is 2. The number of hydrogen-bond acceptors (Lipinski definition) is 6. The van der Waals surface area contributed by atoms with Gasteiger partial charge in [0.05, 0.1) is 21.3 Å². The maximum absolute atomic E-state index is 5.60. The van der Waals surface area contributed by atoms with E-state index >= 15 is 0 Å². The Hall–Kier alpha value is -2.63. The summed E-state index contributed by atoms with van der Waals surface area (Å²) < 4.78 is 15.6. The average molecular weight is 319 g/mol. The van der Waals surface area contributed by atoms with Gasteiger partial charge < -0.3 is 25.3 Å². The van der Waals surface area contributed by atoms with Crippen LogP contribution in [0.3, 0.4) is 0 Å². The van der Waals surface area contributed by atoms with Gasteiger partial charge in [0.1, 0.15) is 5.82 Å². The Bertz CT molecular complexity index is 591. The second-order valence-electron chi connectivity index (χ2n) is 4.86. The Morgan fingerprint density at radius 2 is 1.96 bits per heavy atom. The highest BCUT2D eigenvalue weighted by Gasteiger charge is 2.04. The fourth-order valence-corrected chi connectivity index (χ4v) is 1.89. The molecule has 1 aromatic rings. The summed E-state index contributed by atoms with van der Waals surface area (Å²) in [5, 5.41) is 3.13. The lowest BCUT2D eigenvalue weighted by Crippen LogP contribution is -2.16. The van der Waals surface area contributed by atoms with Gasteiger partial charge in [-0.1, -0.05) is 12.6 Å². The summed E-state index contributed by atoms with van der Waals surface area (Å²) in [5.74, 6) is 2.35. The molecule has 0 aliphatic heterocycles. The second-order valence-corrected chi connectivity index (χ2v) is 4.86. The van der Waals surface area contributed by atoms with Crippen LogP contribution in [-0.2, 0) is 11.2 Å². The van der Waals surface area contributed by atoms with Gasteiger partial charge in [0, 0.05) is 18.3 Å². The molecule has 0 radical (unpaired) electrons. The Balaban J connectivity index is 2.58. The van der Waals surface area contributed by atoms with E-state index in [9.17, 15) is 0 Å². The van der Waals surface area contributed by atoms with Crippen LogP contribution in [0.5, 0.6) is 11.5 Å². The normalized spacial score (nSPS) is 11.8. The fraction of sp³-hybridized carbons (Fsp3) is 0.353. The number of nitrogens with two attached hydrogens (primary N) is 1. The quantitative estimate of drug-likeness (QED) is 0.567. The number of benzene rings is 1. The Morgan fingerprint density at radius 3 is 2.52 bits per heavy atom. The van der Waals surface area contributed by atoms with E-state index in [1.165, 1.54) is 7.11 Å². The molecule has 0 aromatic heterocycles. The molecule has 0 spiro atoms. The molecular formula is C17H25N3O3. The van der Waals surface area contributed by atoms with Crippen molar-refractivity contribution in [2.45, 2.75) is 13.3 Å². The van der Waals surface area contributed by atoms with Crippen molar-refractivity contribution < 1.29 is 14.2 Å². The predicted octanol–water partition coefficient (Wildman–Crippen LogP) is 2.21. The lowest BCUT2D eigenvalue weighted by molar-refractivity contribution is 0.354. The smallest absolute Gasteiger partial charge is 0.216 e. The minimum absolute atomic E-state index is 0.411. The SMILES string of the molecule is C=C(/N=C(\C=C(\C)N)OC)NCCc1ccc(OC)c(OC)c1. The van der Waals surface area contributed by atoms with Crippen LogP contribution in [0.25, 0.3) is 0 Å². The van der Waals surface area contributed by atoms with Gasteiger partial charge in [0.2, 0.25) is 5.90 Å². The molecule has 0 fully saturated rings. The van der Waals surface area contributed by atoms with Gasteiger partial charge in [0.25, 0.3) is 0 Å². The summed E-state index contributed by atoms with van der Waals surface area (Å²) in [5.41, 5.74) is 7.34. The summed E-state index contributed by atoms with van der Waals surface area (Å²) in [6.45, 7) is 6.30. The van der Waals surface area contributed by atoms with Crippen molar-refractivity contribution >= 4 is 5.90 Å². The molecule has 23 heavy (non-hydrogen) atoms. The summed E-state index contributed by atoms with van der Waals surface area (Å²) in [7, 11) is 4.77. The molecule has 0 saturated carbocycles. The van der Waals surface area contributed by atoms with Crippen LogP contribution in [0.1, 0.15) is 12.5 Å². The Kier molecular flexibility index (Phi) is 7.53. The van der Waals surface area contributed by atoms with Crippen LogP contribution < -0.4 is 20.5 Å². The first-order valence-corrected chi connectivity index (χ1v) is 7.20. The van der Waals surface area contributed by atoms with Crippen LogP contribution in [0.2, 0.25) is 0 Å². The third-order valence-electron chi connectivity index (χ3n) is 3.00. The van der Waals surface area contributed by atoms with Gasteiger partial charge in [-0.2, -0.15) is 4.99 Å². The van der Waals surface area contributed by atoms with Crippen molar-refractivity contribution in [2.75, 3.05) is 27.9 Å². The molecule has 126 valence electrons. The first kappa shape index (κ1) is 18.4. The second kappa shape index (κ2) is 9.40. The van der Waals surface area contributed by atoms with E-state index in [1.54, 1.807) is 27.2 Å². The minimum Gasteiger partial charge on any atom is -0.493 e. The molecule has 0 heterocycles. The van der Waals surface area contributed by atoms with E-state index < -0.39 is 0 Å². The highest BCUT2D eigenvalue weighted by atomic mass is 16.5. The first-order chi connectivity index (χ1) is 11.0. The van der Waals surface area contributed by atoms with Gasteiger partial charge >= 0.3 is 0 Å². The standard InChI is InChI=1S/C17H25N3O3/c1-12(18)10-17(23-5)20-13(2)19-9-8-14-6-7-15(21-3)16(11-14)22-4/h6-7,10-11,19H,2,8-9,18H2,1,3-5H3/b12-10-,20-17+. The molecule has 0 saturated heterocycles. The van der Waals surface area contributed by atoms with E-state index in [4.69, 9.17) is 19.9 Å². The molecule has 3 N–H and O–H groups in total. The van der Waals surface area contributed by atoms with E-state index in [2.05, 4.69) is 16.9 Å². The summed E-state index contributed by atoms with van der Waals surface area (Å²) >= 11 is 0. The van der Waals surface area contributed by atoms with Crippen LogP contribution in [-0.4, -0.2) is 33.8 Å². The van der Waals surface area contributed by atoms with E-state index in [0.717, 1.165) is 12.0 Å². The highest BCUT2D eigenvalue weighted by molar-refractivity contribution is 5.88. The van der Waals surface area contributed by atoms with E-state index in [1.807, 2.05) is 18.2 Å². The minimum atomic E-state index is 0.411. The molecular weight excluding hydrogens is 294 g/mol. The van der Waals surface area contributed by atoms with Gasteiger partial charge in [0.15, 0.2) is 11.5 Å². The number of rotatable bonds is 8. The number of methoxy groups -OCH3 is 3. The van der Waals surface area contributed by atoms with Gasteiger partial charge in [-0.3, -0.25) is 0 Å². The molecule has 0 atom stereocenters. The molecule has 0 amide bonds. The molecule has 1 aromatic carbocycles. The largest absolute Gasteiger partial charge is 0.493 e. The fourth-order valence-electron chi connectivity index (χ4n) is 1.89.